The van der Waals surface area contributed by atoms with E-state index in [2.05, 4.69) is 0 Å². The van der Waals surface area contributed by atoms with Crippen molar-refractivity contribution in [2.45, 2.75) is 196 Å². The van der Waals surface area contributed by atoms with Gasteiger partial charge in [0.15, 0.2) is 41.8 Å². The number of phenols is 1. The zero-order valence-electron chi connectivity index (χ0n) is 36.9. The minimum Gasteiger partial charge on any atom is -0.507 e. The predicted molar refractivity (Wildman–Crippen MR) is 219 cm³/mol. The van der Waals surface area contributed by atoms with E-state index in [1.807, 2.05) is 6.92 Å². The van der Waals surface area contributed by atoms with Crippen LogP contribution in [-0.4, -0.2) is 151 Å². The average Bonchev–Trinajstić information content (AvgIpc) is 3.21. The van der Waals surface area contributed by atoms with E-state index in [1.165, 1.54) is 31.2 Å². The second-order valence-corrected chi connectivity index (χ2v) is 18.8. The molecule has 3 aliphatic carbocycles. The lowest BCUT2D eigenvalue weighted by atomic mass is 9.57. The SMILES string of the molecule is CC1OC(OC23C(=O)CC(C)(O)CC2(O)C=CC2=C3C(=O)c3ccc(C4CC(OC5CCC(OC6CCC(OC(=O)CC(=O)O)C(C)O6)C(C)O5)C(O)C(C)O4)c(O)c3C2=O)CCC1O. The highest BCUT2D eigenvalue weighted by atomic mass is 16.7. The molecule has 16 unspecified atom stereocenters. The average molecular weight is 915 g/mol. The Labute approximate surface area is 374 Å². The molecule has 4 aliphatic heterocycles. The number of carbonyl (C=O) groups is 5. The summed E-state index contributed by atoms with van der Waals surface area (Å²) in [7, 11) is 0. The lowest BCUT2D eigenvalue weighted by Gasteiger charge is -2.55. The topological polar surface area (TPSA) is 281 Å². The van der Waals surface area contributed by atoms with Gasteiger partial charge in [-0.25, -0.2) is 0 Å². The van der Waals surface area contributed by atoms with Crippen molar-refractivity contribution in [3.8, 4) is 5.75 Å². The lowest BCUT2D eigenvalue weighted by molar-refractivity contribution is -0.300. The van der Waals surface area contributed by atoms with Crippen LogP contribution in [0.5, 0.6) is 5.75 Å². The van der Waals surface area contributed by atoms with E-state index in [0.29, 0.717) is 25.7 Å². The number of benzene rings is 1. The van der Waals surface area contributed by atoms with Gasteiger partial charge in [-0.1, -0.05) is 12.1 Å². The van der Waals surface area contributed by atoms with Gasteiger partial charge in [0.1, 0.15) is 30.0 Å². The van der Waals surface area contributed by atoms with Crippen molar-refractivity contribution in [3.63, 3.8) is 0 Å². The predicted octanol–water partition coefficient (Wildman–Crippen LogP) is 2.54. The summed E-state index contributed by atoms with van der Waals surface area (Å²) in [4.78, 5) is 66.3. The van der Waals surface area contributed by atoms with Crippen LogP contribution in [0.1, 0.15) is 131 Å². The molecule has 4 saturated heterocycles. The van der Waals surface area contributed by atoms with E-state index in [1.54, 1.807) is 20.8 Å². The van der Waals surface area contributed by atoms with Crippen molar-refractivity contribution < 1.29 is 92.5 Å². The molecular weight excluding hydrogens is 856 g/mol. The monoisotopic (exact) mass is 914 g/mol. The van der Waals surface area contributed by atoms with Crippen molar-refractivity contribution in [2.75, 3.05) is 0 Å². The Balaban J connectivity index is 0.968. The van der Waals surface area contributed by atoms with Crippen molar-refractivity contribution in [1.82, 2.24) is 0 Å². The highest BCUT2D eigenvalue weighted by molar-refractivity contribution is 6.32. The number of carbonyl (C=O) groups excluding carboxylic acids is 4. The summed E-state index contributed by atoms with van der Waals surface area (Å²) in [6, 6.07) is 2.76. The fourth-order valence-corrected chi connectivity index (χ4v) is 10.5. The Morgan fingerprint density at radius 2 is 1.42 bits per heavy atom. The first-order valence-electron chi connectivity index (χ1n) is 22.4. The van der Waals surface area contributed by atoms with E-state index in [0.717, 1.165) is 0 Å². The summed E-state index contributed by atoms with van der Waals surface area (Å²) < 4.78 is 48.4. The van der Waals surface area contributed by atoms with Crippen LogP contribution in [0, 0.1) is 0 Å². The molecule has 7 aliphatic rings. The molecule has 1 saturated carbocycles. The molecule has 4 heterocycles. The van der Waals surface area contributed by atoms with E-state index < -0.39 is 150 Å². The minimum atomic E-state index is -2.48. The molecule has 0 amide bonds. The number of aliphatic hydroxyl groups excluding tert-OH is 2. The Hall–Kier alpha value is -3.99. The third-order valence-electron chi connectivity index (χ3n) is 13.8. The van der Waals surface area contributed by atoms with Gasteiger partial charge in [0.05, 0.1) is 65.6 Å². The summed E-state index contributed by atoms with van der Waals surface area (Å²) in [6.45, 7) is 8.16. The van der Waals surface area contributed by atoms with Gasteiger partial charge in [0.25, 0.3) is 0 Å². The molecule has 65 heavy (non-hydrogen) atoms. The summed E-state index contributed by atoms with van der Waals surface area (Å²) in [5.74, 6) is -5.19. The summed E-state index contributed by atoms with van der Waals surface area (Å²) >= 11 is 0. The van der Waals surface area contributed by atoms with Gasteiger partial charge < -0.3 is 68.5 Å². The second-order valence-electron chi connectivity index (χ2n) is 18.8. The fraction of sp³-hybridized carbons (Fsp3) is 0.674. The molecule has 16 atom stereocenters. The van der Waals surface area contributed by atoms with Crippen LogP contribution >= 0.6 is 0 Å². The number of ketones is 3. The van der Waals surface area contributed by atoms with Gasteiger partial charge >= 0.3 is 11.9 Å². The number of esters is 1. The third-order valence-corrected chi connectivity index (χ3v) is 13.8. The number of fused-ring (bicyclic) bond motifs is 3. The molecule has 19 nitrogen and oxygen atoms in total. The molecule has 0 bridgehead atoms. The van der Waals surface area contributed by atoms with E-state index in [-0.39, 0.29) is 47.6 Å². The Kier molecular flexibility index (Phi) is 13.1. The second kappa shape index (κ2) is 17.9. The first kappa shape index (κ1) is 47.5. The molecule has 0 aromatic heterocycles. The highest BCUT2D eigenvalue weighted by Gasteiger charge is 2.69. The van der Waals surface area contributed by atoms with Crippen LogP contribution in [0.25, 0.3) is 0 Å². The molecule has 356 valence electrons. The van der Waals surface area contributed by atoms with Crippen molar-refractivity contribution in [2.24, 2.45) is 0 Å². The molecular formula is C46H58O19. The molecule has 5 fully saturated rings. The number of carboxylic acid groups (broad SMARTS) is 1. The number of allylic oxidation sites excluding steroid dienone is 2. The van der Waals surface area contributed by atoms with Crippen LogP contribution in [0.2, 0.25) is 0 Å². The van der Waals surface area contributed by atoms with Crippen molar-refractivity contribution in [3.05, 3.63) is 52.1 Å². The van der Waals surface area contributed by atoms with E-state index >= 15 is 0 Å². The van der Waals surface area contributed by atoms with E-state index in [9.17, 15) is 49.5 Å². The fourth-order valence-electron chi connectivity index (χ4n) is 10.5. The number of ether oxygens (including phenoxy) is 8. The summed E-state index contributed by atoms with van der Waals surface area (Å²) in [6.07, 6.45) is -7.04. The molecule has 8 rings (SSSR count). The van der Waals surface area contributed by atoms with Crippen LogP contribution < -0.4 is 0 Å². The number of aliphatic hydroxyl groups is 4. The molecule has 6 N–H and O–H groups in total. The van der Waals surface area contributed by atoms with E-state index in [4.69, 9.17) is 43.0 Å². The number of phenolic OH excluding ortho intramolecular Hbond substituents is 1. The lowest BCUT2D eigenvalue weighted by Crippen LogP contribution is -2.71. The number of rotatable bonds is 10. The number of hydrogen-bond donors (Lipinski definition) is 6. The van der Waals surface area contributed by atoms with Crippen LogP contribution in [0.4, 0.5) is 0 Å². The minimum absolute atomic E-state index is 0.0148. The molecule has 0 radical (unpaired) electrons. The molecule has 1 aromatic rings. The standard InChI is InChI=1S/C46H58O19/c1-20-27(47)8-11-37(59-20)65-46-32(48)18-44(5,56)19-45(46,57)15-14-26-39(46)43(55)25-7-6-24(41(53)38(25)42(26)54)30-16-31(40(52)23(4)58-30)64-36-13-10-29(22(3)61-36)63-35-12-9-28(21(2)60-35)62-34(51)17-33(49)50/h6-7,14-15,20-23,27-31,35-37,40,47,52-53,56-57H,8-13,16-19H2,1-5H3,(H,49,50). The first-order chi connectivity index (χ1) is 30.6. The van der Waals surface area contributed by atoms with Gasteiger partial charge in [-0.3, -0.25) is 24.0 Å². The zero-order valence-corrected chi connectivity index (χ0v) is 36.9. The summed E-state index contributed by atoms with van der Waals surface area (Å²) in [5, 5.41) is 65.6. The molecule has 19 heteroatoms. The van der Waals surface area contributed by atoms with Crippen molar-refractivity contribution >= 4 is 29.3 Å². The first-order valence-corrected chi connectivity index (χ1v) is 22.4. The quantitative estimate of drug-likeness (QED) is 0.145. The third kappa shape index (κ3) is 8.86. The van der Waals surface area contributed by atoms with Crippen LogP contribution in [-0.2, 0) is 52.3 Å². The maximum atomic E-state index is 14.7. The molecule has 1 aromatic carbocycles. The largest absolute Gasteiger partial charge is 0.507 e. The smallest absolute Gasteiger partial charge is 0.317 e. The van der Waals surface area contributed by atoms with Crippen LogP contribution in [0.15, 0.2) is 35.4 Å². The van der Waals surface area contributed by atoms with Gasteiger partial charge in [0.2, 0.25) is 0 Å². The maximum Gasteiger partial charge on any atom is 0.317 e. The Bertz CT molecular complexity index is 2150. The van der Waals surface area contributed by atoms with Gasteiger partial charge in [-0.15, -0.1) is 0 Å². The van der Waals surface area contributed by atoms with Gasteiger partial charge in [0, 0.05) is 55.2 Å². The number of hydrogen-bond acceptors (Lipinski definition) is 18. The highest BCUT2D eigenvalue weighted by Crippen LogP contribution is 2.55. The maximum absolute atomic E-state index is 14.7. The van der Waals surface area contributed by atoms with Gasteiger partial charge in [-0.05, 0) is 66.0 Å². The zero-order chi connectivity index (χ0) is 46.9. The van der Waals surface area contributed by atoms with Gasteiger partial charge in [-0.2, -0.15) is 0 Å². The normalized spacial score (nSPS) is 41.9. The Morgan fingerprint density at radius 3 is 2.06 bits per heavy atom. The number of carboxylic acids is 1. The number of aliphatic carboxylic acids is 1. The molecule has 0 spiro atoms. The number of Topliss-reactive ketones (excluding diaryl/α,β-unsaturated/α-hetero) is 3. The number of aromatic hydroxyl groups is 1. The summed E-state index contributed by atoms with van der Waals surface area (Å²) in [5.41, 5.74) is -7.65. The Morgan fingerprint density at radius 1 is 0.785 bits per heavy atom. The van der Waals surface area contributed by atoms with Crippen LogP contribution in [0.3, 0.4) is 0 Å². The van der Waals surface area contributed by atoms with Crippen molar-refractivity contribution in [1.29, 1.82) is 0 Å².